The molecule has 0 saturated heterocycles. The van der Waals surface area contributed by atoms with E-state index in [1.807, 2.05) is 0 Å². The number of nitrogens with zero attached hydrogens (tertiary/aromatic N) is 2. The molecule has 194 valence electrons. The number of rotatable bonds is 7. The Morgan fingerprint density at radius 3 is 1.00 bits per heavy atom. The van der Waals surface area contributed by atoms with Crippen molar-refractivity contribution in [3.05, 3.63) is 158 Å². The van der Waals surface area contributed by atoms with E-state index in [9.17, 15) is 0 Å². The highest BCUT2D eigenvalue weighted by Gasteiger charge is 2.12. The van der Waals surface area contributed by atoms with E-state index in [-0.39, 0.29) is 0 Å². The average molecular weight is 517 g/mol. The Balaban J connectivity index is 1.22. The summed E-state index contributed by atoms with van der Waals surface area (Å²) in [5, 5.41) is 0. The summed E-state index contributed by atoms with van der Waals surface area (Å²) < 4.78 is 0. The molecule has 0 aliphatic heterocycles. The van der Waals surface area contributed by atoms with Gasteiger partial charge >= 0.3 is 0 Å². The smallest absolute Gasteiger partial charge is 0.0487 e. The van der Waals surface area contributed by atoms with Crippen LogP contribution < -0.4 is 9.80 Å². The molecule has 40 heavy (non-hydrogen) atoms. The molecule has 0 unspecified atom stereocenters. The molecule has 0 saturated carbocycles. The molecule has 0 spiro atoms. The number of anilines is 4. The van der Waals surface area contributed by atoms with Crippen LogP contribution in [0.15, 0.2) is 158 Å². The van der Waals surface area contributed by atoms with Gasteiger partial charge in [-0.15, -0.1) is 0 Å². The molecule has 0 atom stereocenters. The van der Waals surface area contributed by atoms with Gasteiger partial charge in [-0.05, 0) is 58.7 Å². The molecule has 0 heterocycles. The monoisotopic (exact) mass is 516 g/mol. The maximum atomic E-state index is 2.26. The molecule has 6 aromatic rings. The molecule has 0 aromatic heterocycles. The Bertz CT molecular complexity index is 1560. The van der Waals surface area contributed by atoms with Gasteiger partial charge in [-0.25, -0.2) is 0 Å². The highest BCUT2D eigenvalue weighted by Crippen LogP contribution is 2.36. The van der Waals surface area contributed by atoms with Crippen molar-refractivity contribution in [1.29, 1.82) is 0 Å². The van der Waals surface area contributed by atoms with Gasteiger partial charge in [-0.3, -0.25) is 0 Å². The highest BCUT2D eigenvalue weighted by atomic mass is 15.1. The Morgan fingerprint density at radius 1 is 0.300 bits per heavy atom. The van der Waals surface area contributed by atoms with Crippen LogP contribution in [0, 0.1) is 0 Å². The Hall–Kier alpha value is -5.08. The third-order valence-electron chi connectivity index (χ3n) is 7.54. The van der Waals surface area contributed by atoms with Gasteiger partial charge in [0.25, 0.3) is 0 Å². The molecule has 0 fully saturated rings. The molecule has 2 heteroatoms. The lowest BCUT2D eigenvalue weighted by Gasteiger charge is -2.24. The van der Waals surface area contributed by atoms with Crippen molar-refractivity contribution >= 4 is 22.7 Å². The number of hydrogen-bond acceptors (Lipinski definition) is 2. The zero-order valence-electron chi connectivity index (χ0n) is 22.9. The normalized spacial score (nSPS) is 10.8. The summed E-state index contributed by atoms with van der Waals surface area (Å²) in [6.07, 6.45) is 0. The van der Waals surface area contributed by atoms with E-state index in [0.29, 0.717) is 0 Å². The van der Waals surface area contributed by atoms with E-state index in [1.54, 1.807) is 0 Å². The van der Waals surface area contributed by atoms with Crippen LogP contribution in [-0.4, -0.2) is 14.1 Å². The Morgan fingerprint density at radius 2 is 0.625 bits per heavy atom. The molecular formula is C38H32N2. The first-order valence-electron chi connectivity index (χ1n) is 13.7. The van der Waals surface area contributed by atoms with Gasteiger partial charge in [-0.2, -0.15) is 0 Å². The van der Waals surface area contributed by atoms with Crippen molar-refractivity contribution in [2.24, 2.45) is 0 Å². The zero-order chi connectivity index (χ0) is 27.3. The first-order chi connectivity index (χ1) is 19.7. The summed E-state index contributed by atoms with van der Waals surface area (Å²) in [5.41, 5.74) is 12.0. The number of para-hydroxylation sites is 2. The third-order valence-corrected chi connectivity index (χ3v) is 7.54. The highest BCUT2D eigenvalue weighted by molar-refractivity contribution is 5.84. The van der Waals surface area contributed by atoms with E-state index in [0.717, 1.165) is 11.4 Å². The summed E-state index contributed by atoms with van der Waals surface area (Å²) in [5.74, 6) is 0. The lowest BCUT2D eigenvalue weighted by Crippen LogP contribution is -2.10. The number of hydrogen-bond donors (Lipinski definition) is 0. The van der Waals surface area contributed by atoms with Crippen molar-refractivity contribution in [3.8, 4) is 33.4 Å². The van der Waals surface area contributed by atoms with E-state index in [4.69, 9.17) is 0 Å². The van der Waals surface area contributed by atoms with Crippen LogP contribution in [-0.2, 0) is 0 Å². The molecule has 0 radical (unpaired) electrons. The van der Waals surface area contributed by atoms with Gasteiger partial charge in [0, 0.05) is 48.0 Å². The SMILES string of the molecule is CN(c1ccc(-c2ccc(N(C)c3ccccc3-c3ccccc3)cc2)cc1)c1ccccc1-c1ccccc1. The zero-order valence-corrected chi connectivity index (χ0v) is 22.9. The molecular weight excluding hydrogens is 484 g/mol. The van der Waals surface area contributed by atoms with Crippen LogP contribution in [0.4, 0.5) is 22.7 Å². The predicted molar refractivity (Wildman–Crippen MR) is 172 cm³/mol. The van der Waals surface area contributed by atoms with Gasteiger partial charge < -0.3 is 9.80 Å². The summed E-state index contributed by atoms with van der Waals surface area (Å²) >= 11 is 0. The van der Waals surface area contributed by atoms with Crippen molar-refractivity contribution in [2.75, 3.05) is 23.9 Å². The Kier molecular flexibility index (Phi) is 7.15. The predicted octanol–water partition coefficient (Wildman–Crippen LogP) is 10.2. The standard InChI is InChI=1S/C38H32N2/c1-39(37-19-11-9-17-35(37)31-13-5-3-6-14-31)33-25-21-29(22-26-33)30-23-27-34(28-24-30)40(2)38-20-12-10-18-36(38)32-15-7-4-8-16-32/h3-28H,1-2H3. The van der Waals surface area contributed by atoms with Crippen molar-refractivity contribution in [2.45, 2.75) is 0 Å². The summed E-state index contributed by atoms with van der Waals surface area (Å²) in [7, 11) is 4.27. The lowest BCUT2D eigenvalue weighted by atomic mass is 10.0. The topological polar surface area (TPSA) is 6.48 Å². The average Bonchev–Trinajstić information content (AvgIpc) is 3.05. The van der Waals surface area contributed by atoms with Crippen molar-refractivity contribution in [1.82, 2.24) is 0 Å². The fourth-order valence-corrected chi connectivity index (χ4v) is 5.29. The second-order valence-electron chi connectivity index (χ2n) is 9.98. The fourth-order valence-electron chi connectivity index (χ4n) is 5.29. The second kappa shape index (κ2) is 11.3. The van der Waals surface area contributed by atoms with Crippen molar-refractivity contribution in [3.63, 3.8) is 0 Å². The summed E-state index contributed by atoms with van der Waals surface area (Å²) in [4.78, 5) is 4.52. The maximum Gasteiger partial charge on any atom is 0.0487 e. The van der Waals surface area contributed by atoms with Gasteiger partial charge in [0.15, 0.2) is 0 Å². The van der Waals surface area contributed by atoms with Gasteiger partial charge in [0.1, 0.15) is 0 Å². The van der Waals surface area contributed by atoms with E-state index in [1.165, 1.54) is 44.8 Å². The van der Waals surface area contributed by atoms with Crippen LogP contribution >= 0.6 is 0 Å². The minimum Gasteiger partial charge on any atom is -0.344 e. The summed E-state index contributed by atoms with van der Waals surface area (Å²) in [6.45, 7) is 0. The largest absolute Gasteiger partial charge is 0.344 e. The second-order valence-corrected chi connectivity index (χ2v) is 9.98. The van der Waals surface area contributed by atoms with Gasteiger partial charge in [0.2, 0.25) is 0 Å². The van der Waals surface area contributed by atoms with E-state index in [2.05, 4.69) is 182 Å². The Labute approximate surface area is 237 Å². The van der Waals surface area contributed by atoms with E-state index >= 15 is 0 Å². The molecule has 6 aromatic carbocycles. The first kappa shape index (κ1) is 25.2. The van der Waals surface area contributed by atoms with E-state index < -0.39 is 0 Å². The molecule has 6 rings (SSSR count). The van der Waals surface area contributed by atoms with Crippen LogP contribution in [0.1, 0.15) is 0 Å². The minimum absolute atomic E-state index is 1.15. The molecule has 0 N–H and O–H groups in total. The van der Waals surface area contributed by atoms with Crippen LogP contribution in [0.5, 0.6) is 0 Å². The van der Waals surface area contributed by atoms with Crippen LogP contribution in [0.2, 0.25) is 0 Å². The third kappa shape index (κ3) is 5.12. The summed E-state index contributed by atoms with van der Waals surface area (Å²) in [6, 6.07) is 55.9. The first-order valence-corrected chi connectivity index (χ1v) is 13.7. The molecule has 0 amide bonds. The van der Waals surface area contributed by atoms with Crippen LogP contribution in [0.3, 0.4) is 0 Å². The van der Waals surface area contributed by atoms with Gasteiger partial charge in [0.05, 0.1) is 0 Å². The maximum absolute atomic E-state index is 2.26. The number of benzene rings is 6. The van der Waals surface area contributed by atoms with Gasteiger partial charge in [-0.1, -0.05) is 121 Å². The molecule has 0 bridgehead atoms. The van der Waals surface area contributed by atoms with Crippen LogP contribution in [0.25, 0.3) is 33.4 Å². The molecule has 0 aliphatic rings. The molecule has 2 nitrogen and oxygen atoms in total. The molecule has 0 aliphatic carbocycles. The lowest BCUT2D eigenvalue weighted by molar-refractivity contribution is 1.21. The minimum atomic E-state index is 1.15. The fraction of sp³-hybridized carbons (Fsp3) is 0.0526. The van der Waals surface area contributed by atoms with Crippen molar-refractivity contribution < 1.29 is 0 Å². The quantitative estimate of drug-likeness (QED) is 0.208.